The average molecular weight is 488 g/mol. The molecule has 0 aliphatic carbocycles. The van der Waals surface area contributed by atoms with Crippen molar-refractivity contribution in [2.24, 2.45) is 0 Å². The molecule has 1 aliphatic heterocycles. The molecule has 4 aromatic rings. The lowest BCUT2D eigenvalue weighted by Crippen LogP contribution is -2.56. The monoisotopic (exact) mass is 487 g/mol. The van der Waals surface area contributed by atoms with Gasteiger partial charge in [-0.25, -0.2) is 0 Å². The molecule has 2 aromatic heterocycles. The number of para-hydroxylation sites is 1. The summed E-state index contributed by atoms with van der Waals surface area (Å²) in [6, 6.07) is 21.7. The van der Waals surface area contributed by atoms with Crippen LogP contribution < -0.4 is 4.74 Å². The van der Waals surface area contributed by atoms with E-state index in [-0.39, 0.29) is 17.9 Å². The van der Waals surface area contributed by atoms with E-state index in [0.29, 0.717) is 38.3 Å². The first-order valence-corrected chi connectivity index (χ1v) is 12.7. The van der Waals surface area contributed by atoms with E-state index >= 15 is 0 Å². The maximum Gasteiger partial charge on any atom is 0.270 e. The van der Waals surface area contributed by atoms with Gasteiger partial charge in [0.25, 0.3) is 5.91 Å². The SMILES string of the molecule is COc1ccccc1Cn1c(C(=O)N2CCN(C(=O)Cc3ccccc3)[C@H](C)C2)cc2ccsc21. The number of thiophene rings is 1. The van der Waals surface area contributed by atoms with Crippen LogP contribution in [-0.4, -0.2) is 59.0 Å². The Labute approximate surface area is 209 Å². The zero-order valence-electron chi connectivity index (χ0n) is 20.0. The van der Waals surface area contributed by atoms with Crippen LogP contribution in [0.1, 0.15) is 28.5 Å². The van der Waals surface area contributed by atoms with Gasteiger partial charge in [0.05, 0.1) is 20.1 Å². The second kappa shape index (κ2) is 9.96. The molecule has 0 unspecified atom stereocenters. The van der Waals surface area contributed by atoms with Crippen molar-refractivity contribution < 1.29 is 14.3 Å². The van der Waals surface area contributed by atoms with Gasteiger partial charge in [0.15, 0.2) is 0 Å². The molecule has 2 amide bonds. The first kappa shape index (κ1) is 23.2. The van der Waals surface area contributed by atoms with Crippen molar-refractivity contribution in [2.75, 3.05) is 26.7 Å². The number of rotatable bonds is 6. The highest BCUT2D eigenvalue weighted by atomic mass is 32.1. The summed E-state index contributed by atoms with van der Waals surface area (Å²) in [5.41, 5.74) is 2.71. The summed E-state index contributed by atoms with van der Waals surface area (Å²) in [5.74, 6) is 0.921. The fraction of sp³-hybridized carbons (Fsp3) is 0.286. The molecule has 7 heteroatoms. The predicted octanol–water partition coefficient (Wildman–Crippen LogP) is 4.68. The van der Waals surface area contributed by atoms with Gasteiger partial charge in [-0.1, -0.05) is 48.5 Å². The van der Waals surface area contributed by atoms with Crippen molar-refractivity contribution in [3.05, 3.63) is 88.9 Å². The molecule has 0 N–H and O–H groups in total. The second-order valence-corrected chi connectivity index (χ2v) is 9.85. The summed E-state index contributed by atoms with van der Waals surface area (Å²) in [4.78, 5) is 31.5. The Bertz CT molecular complexity index is 1340. The number of benzene rings is 2. The first-order chi connectivity index (χ1) is 17.0. The fourth-order valence-electron chi connectivity index (χ4n) is 4.86. The van der Waals surface area contributed by atoms with E-state index < -0.39 is 0 Å². The predicted molar refractivity (Wildman–Crippen MR) is 139 cm³/mol. The molecule has 0 radical (unpaired) electrons. The zero-order valence-corrected chi connectivity index (χ0v) is 20.8. The quantitative estimate of drug-likeness (QED) is 0.397. The molecule has 180 valence electrons. The van der Waals surface area contributed by atoms with Crippen molar-refractivity contribution in [2.45, 2.75) is 25.9 Å². The molecule has 0 saturated carbocycles. The van der Waals surface area contributed by atoms with Crippen molar-refractivity contribution in [1.82, 2.24) is 14.4 Å². The number of piperazine rings is 1. The number of hydrogen-bond acceptors (Lipinski definition) is 4. The Balaban J connectivity index is 1.34. The molecule has 3 heterocycles. The summed E-state index contributed by atoms with van der Waals surface area (Å²) in [6.07, 6.45) is 0.386. The molecular formula is C28H29N3O3S. The topological polar surface area (TPSA) is 54.8 Å². The van der Waals surface area contributed by atoms with Crippen molar-refractivity contribution in [1.29, 1.82) is 0 Å². The van der Waals surface area contributed by atoms with E-state index in [1.54, 1.807) is 18.4 Å². The lowest BCUT2D eigenvalue weighted by atomic mass is 10.1. The number of fused-ring (bicyclic) bond motifs is 1. The van der Waals surface area contributed by atoms with E-state index in [1.165, 1.54) is 0 Å². The van der Waals surface area contributed by atoms with Crippen LogP contribution in [0.5, 0.6) is 5.75 Å². The standard InChI is InChI=1S/C28H29N3O3S/c1-20-18-29(13-14-30(20)26(32)16-21-8-4-3-5-9-21)27(33)24-17-22-12-15-35-28(22)31(24)19-23-10-6-7-11-25(23)34-2/h3-12,15,17,20H,13-14,16,18-19H2,1-2H3/t20-/m1/s1. The maximum atomic E-state index is 13.7. The van der Waals surface area contributed by atoms with Crippen LogP contribution in [0.2, 0.25) is 0 Å². The highest BCUT2D eigenvalue weighted by Gasteiger charge is 2.31. The molecule has 1 aliphatic rings. The summed E-state index contributed by atoms with van der Waals surface area (Å²) >= 11 is 1.64. The van der Waals surface area contributed by atoms with Gasteiger partial charge < -0.3 is 19.1 Å². The van der Waals surface area contributed by atoms with Gasteiger partial charge in [0, 0.05) is 36.6 Å². The minimum atomic E-state index is -0.0392. The molecule has 2 aromatic carbocycles. The molecule has 1 saturated heterocycles. The highest BCUT2D eigenvalue weighted by molar-refractivity contribution is 7.16. The second-order valence-electron chi connectivity index (χ2n) is 8.96. The van der Waals surface area contributed by atoms with Crippen molar-refractivity contribution in [3.8, 4) is 5.75 Å². The Morgan fingerprint density at radius 3 is 2.57 bits per heavy atom. The number of carbonyl (C=O) groups is 2. The lowest BCUT2D eigenvalue weighted by Gasteiger charge is -2.40. The normalized spacial score (nSPS) is 16.0. The van der Waals surface area contributed by atoms with E-state index in [4.69, 9.17) is 4.74 Å². The third-order valence-corrected chi connectivity index (χ3v) is 7.63. The van der Waals surface area contributed by atoms with Crippen LogP contribution in [0, 0.1) is 0 Å². The number of hydrogen-bond donors (Lipinski definition) is 0. The van der Waals surface area contributed by atoms with Crippen LogP contribution in [0.25, 0.3) is 10.2 Å². The van der Waals surface area contributed by atoms with Gasteiger partial charge in [-0.05, 0) is 36.1 Å². The van der Waals surface area contributed by atoms with Crippen LogP contribution >= 0.6 is 11.3 Å². The summed E-state index contributed by atoms with van der Waals surface area (Å²) in [6.45, 7) is 4.17. The zero-order chi connectivity index (χ0) is 24.4. The number of amides is 2. The average Bonchev–Trinajstić information content (AvgIpc) is 3.47. The largest absolute Gasteiger partial charge is 0.496 e. The molecular weight excluding hydrogens is 458 g/mol. The lowest BCUT2D eigenvalue weighted by molar-refractivity contribution is -0.134. The van der Waals surface area contributed by atoms with Gasteiger partial charge in [0.1, 0.15) is 16.3 Å². The summed E-state index contributed by atoms with van der Waals surface area (Å²) in [7, 11) is 1.67. The van der Waals surface area contributed by atoms with Gasteiger partial charge in [-0.2, -0.15) is 0 Å². The van der Waals surface area contributed by atoms with Crippen LogP contribution in [0.15, 0.2) is 72.1 Å². The number of carbonyl (C=O) groups excluding carboxylic acids is 2. The molecule has 35 heavy (non-hydrogen) atoms. The van der Waals surface area contributed by atoms with Crippen molar-refractivity contribution >= 4 is 33.4 Å². The Morgan fingerprint density at radius 2 is 1.80 bits per heavy atom. The molecule has 0 bridgehead atoms. The van der Waals surface area contributed by atoms with Gasteiger partial charge >= 0.3 is 0 Å². The Hall–Kier alpha value is -3.58. The van der Waals surface area contributed by atoms with Gasteiger partial charge in [-0.3, -0.25) is 9.59 Å². The third-order valence-electron chi connectivity index (χ3n) is 6.68. The minimum Gasteiger partial charge on any atom is -0.496 e. The molecule has 1 atom stereocenters. The summed E-state index contributed by atoms with van der Waals surface area (Å²) in [5, 5.41) is 3.12. The van der Waals surface area contributed by atoms with Gasteiger partial charge in [0.2, 0.25) is 5.91 Å². The van der Waals surface area contributed by atoms with Crippen LogP contribution in [0.4, 0.5) is 0 Å². The maximum absolute atomic E-state index is 13.7. The highest BCUT2D eigenvalue weighted by Crippen LogP contribution is 2.29. The van der Waals surface area contributed by atoms with E-state index in [1.807, 2.05) is 77.4 Å². The Kier molecular flexibility index (Phi) is 6.59. The van der Waals surface area contributed by atoms with E-state index in [9.17, 15) is 9.59 Å². The molecule has 1 fully saturated rings. The van der Waals surface area contributed by atoms with Crippen LogP contribution in [-0.2, 0) is 17.8 Å². The van der Waals surface area contributed by atoms with E-state index in [2.05, 4.69) is 16.0 Å². The van der Waals surface area contributed by atoms with Crippen LogP contribution in [0.3, 0.4) is 0 Å². The summed E-state index contributed by atoms with van der Waals surface area (Å²) < 4.78 is 7.65. The fourth-order valence-corrected chi connectivity index (χ4v) is 5.76. The number of ether oxygens (including phenoxy) is 1. The van der Waals surface area contributed by atoms with Gasteiger partial charge in [-0.15, -0.1) is 11.3 Å². The minimum absolute atomic E-state index is 0.00491. The Morgan fingerprint density at radius 1 is 1.03 bits per heavy atom. The van der Waals surface area contributed by atoms with Crippen molar-refractivity contribution in [3.63, 3.8) is 0 Å². The molecule has 5 rings (SSSR count). The molecule has 6 nitrogen and oxygen atoms in total. The smallest absolute Gasteiger partial charge is 0.270 e. The third kappa shape index (κ3) is 4.68. The first-order valence-electron chi connectivity index (χ1n) is 11.9. The number of aromatic nitrogens is 1. The number of methoxy groups -OCH3 is 1. The number of nitrogens with zero attached hydrogens (tertiary/aromatic N) is 3. The molecule has 0 spiro atoms. The van der Waals surface area contributed by atoms with E-state index in [0.717, 1.165) is 27.1 Å².